The van der Waals surface area contributed by atoms with E-state index in [1.807, 2.05) is 6.92 Å². The molecule has 0 aliphatic heterocycles. The molecule has 0 saturated carbocycles. The van der Waals surface area contributed by atoms with E-state index in [0.29, 0.717) is 12.1 Å². The summed E-state index contributed by atoms with van der Waals surface area (Å²) >= 11 is 1.19. The Morgan fingerprint density at radius 3 is 2.41 bits per heavy atom. The van der Waals surface area contributed by atoms with Gasteiger partial charge < -0.3 is 5.73 Å². The average molecular weight is 259 g/mol. The number of rotatable bonds is 7. The van der Waals surface area contributed by atoms with Gasteiger partial charge in [0.2, 0.25) is 0 Å². The second-order valence-electron chi connectivity index (χ2n) is 4.17. The SMILES string of the molecule is CCCCCC(F)(F)CSc1ccc(N)cc1. The molecule has 1 nitrogen and oxygen atoms in total. The standard InChI is InChI=1S/C13H19F2NS/c1-2-3-4-9-13(14,15)10-17-12-7-5-11(16)6-8-12/h5-8H,2-4,9-10,16H2,1H3. The number of alkyl halides is 2. The highest BCUT2D eigenvalue weighted by Gasteiger charge is 2.27. The van der Waals surface area contributed by atoms with Crippen molar-refractivity contribution in [2.75, 3.05) is 11.5 Å². The molecule has 0 bridgehead atoms. The summed E-state index contributed by atoms with van der Waals surface area (Å²) in [5, 5.41) is 0. The molecule has 1 aromatic rings. The second kappa shape index (κ2) is 6.84. The van der Waals surface area contributed by atoms with Gasteiger partial charge in [-0.1, -0.05) is 19.8 Å². The van der Waals surface area contributed by atoms with Crippen LogP contribution in [0, 0.1) is 0 Å². The lowest BCUT2D eigenvalue weighted by atomic mass is 10.1. The third kappa shape index (κ3) is 5.91. The molecule has 1 rings (SSSR count). The Bertz CT molecular complexity index is 325. The van der Waals surface area contributed by atoms with Gasteiger partial charge in [-0.05, 0) is 30.7 Å². The number of anilines is 1. The first-order valence-corrected chi connectivity index (χ1v) is 6.88. The number of hydrogen-bond acceptors (Lipinski definition) is 2. The summed E-state index contributed by atoms with van der Waals surface area (Å²) in [5.74, 6) is -2.72. The highest BCUT2D eigenvalue weighted by molar-refractivity contribution is 7.99. The number of thioether (sulfide) groups is 1. The van der Waals surface area contributed by atoms with Crippen LogP contribution in [-0.4, -0.2) is 11.7 Å². The van der Waals surface area contributed by atoms with Crippen LogP contribution in [-0.2, 0) is 0 Å². The van der Waals surface area contributed by atoms with Crippen LogP contribution in [0.1, 0.15) is 32.6 Å². The number of hydrogen-bond donors (Lipinski definition) is 1. The summed E-state index contributed by atoms with van der Waals surface area (Å²) in [6.45, 7) is 2.02. The lowest BCUT2D eigenvalue weighted by molar-refractivity contribution is 0.0158. The van der Waals surface area contributed by atoms with E-state index in [2.05, 4.69) is 0 Å². The van der Waals surface area contributed by atoms with Gasteiger partial charge in [0.15, 0.2) is 0 Å². The highest BCUT2D eigenvalue weighted by Crippen LogP contribution is 2.30. The van der Waals surface area contributed by atoms with E-state index >= 15 is 0 Å². The van der Waals surface area contributed by atoms with Gasteiger partial charge in [0.25, 0.3) is 5.92 Å². The fourth-order valence-electron chi connectivity index (χ4n) is 1.46. The summed E-state index contributed by atoms with van der Waals surface area (Å²) in [6, 6.07) is 7.03. The maximum absolute atomic E-state index is 13.5. The van der Waals surface area contributed by atoms with E-state index in [-0.39, 0.29) is 12.2 Å². The van der Waals surface area contributed by atoms with Crippen molar-refractivity contribution >= 4 is 17.4 Å². The normalized spacial score (nSPS) is 11.7. The van der Waals surface area contributed by atoms with E-state index in [0.717, 1.165) is 17.7 Å². The van der Waals surface area contributed by atoms with Gasteiger partial charge in [-0.25, -0.2) is 8.78 Å². The summed E-state index contributed by atoms with van der Waals surface area (Å²) in [5.41, 5.74) is 6.19. The first-order valence-electron chi connectivity index (χ1n) is 5.90. The molecule has 1 aromatic carbocycles. The van der Waals surface area contributed by atoms with Crippen molar-refractivity contribution in [3.63, 3.8) is 0 Å². The second-order valence-corrected chi connectivity index (χ2v) is 5.22. The van der Waals surface area contributed by atoms with Crippen molar-refractivity contribution < 1.29 is 8.78 Å². The van der Waals surface area contributed by atoms with Crippen LogP contribution >= 0.6 is 11.8 Å². The molecule has 0 spiro atoms. The Kier molecular flexibility index (Phi) is 5.75. The number of benzene rings is 1. The van der Waals surface area contributed by atoms with Gasteiger partial charge in [-0.2, -0.15) is 0 Å². The lowest BCUT2D eigenvalue weighted by Crippen LogP contribution is -2.19. The van der Waals surface area contributed by atoms with E-state index < -0.39 is 5.92 Å². The van der Waals surface area contributed by atoms with Gasteiger partial charge in [0.1, 0.15) is 0 Å². The molecule has 0 aromatic heterocycles. The molecule has 0 saturated heterocycles. The minimum Gasteiger partial charge on any atom is -0.399 e. The predicted molar refractivity (Wildman–Crippen MR) is 70.7 cm³/mol. The van der Waals surface area contributed by atoms with Crippen LogP contribution < -0.4 is 5.73 Å². The van der Waals surface area contributed by atoms with Crippen molar-refractivity contribution in [1.29, 1.82) is 0 Å². The minimum atomic E-state index is -2.57. The van der Waals surface area contributed by atoms with Crippen LogP contribution in [0.3, 0.4) is 0 Å². The minimum absolute atomic E-state index is 0.0111. The van der Waals surface area contributed by atoms with E-state index in [1.54, 1.807) is 24.3 Å². The quantitative estimate of drug-likeness (QED) is 0.441. The molecule has 2 N–H and O–H groups in total. The molecular formula is C13H19F2NS. The van der Waals surface area contributed by atoms with Gasteiger partial charge in [0, 0.05) is 17.0 Å². The Hall–Kier alpha value is -0.770. The van der Waals surface area contributed by atoms with Gasteiger partial charge >= 0.3 is 0 Å². The maximum Gasteiger partial charge on any atom is 0.257 e. The molecule has 17 heavy (non-hydrogen) atoms. The maximum atomic E-state index is 13.5. The van der Waals surface area contributed by atoms with Crippen molar-refractivity contribution in [3.8, 4) is 0 Å². The topological polar surface area (TPSA) is 26.0 Å². The molecule has 0 radical (unpaired) electrons. The van der Waals surface area contributed by atoms with E-state index in [1.165, 1.54) is 11.8 Å². The zero-order chi connectivity index (χ0) is 12.7. The Labute approximate surface area is 106 Å². The Morgan fingerprint density at radius 2 is 1.82 bits per heavy atom. The third-order valence-electron chi connectivity index (χ3n) is 2.48. The van der Waals surface area contributed by atoms with Crippen LogP contribution in [0.4, 0.5) is 14.5 Å². The number of unbranched alkanes of at least 4 members (excludes halogenated alkanes) is 2. The molecule has 0 heterocycles. The molecule has 0 aliphatic rings. The lowest BCUT2D eigenvalue weighted by Gasteiger charge is -2.15. The monoisotopic (exact) mass is 259 g/mol. The van der Waals surface area contributed by atoms with Gasteiger partial charge in [-0.3, -0.25) is 0 Å². The van der Waals surface area contributed by atoms with Crippen molar-refractivity contribution in [2.45, 2.75) is 43.4 Å². The first-order chi connectivity index (χ1) is 8.03. The molecule has 0 fully saturated rings. The summed E-state index contributed by atoms with van der Waals surface area (Å²) in [7, 11) is 0. The number of nitrogen functional groups attached to an aromatic ring is 1. The average Bonchev–Trinajstić information content (AvgIpc) is 2.29. The number of nitrogens with two attached hydrogens (primary N) is 1. The number of halogens is 2. The zero-order valence-corrected chi connectivity index (χ0v) is 10.9. The fourth-order valence-corrected chi connectivity index (χ4v) is 2.31. The molecule has 0 unspecified atom stereocenters. The first kappa shape index (κ1) is 14.3. The van der Waals surface area contributed by atoms with Crippen molar-refractivity contribution in [3.05, 3.63) is 24.3 Å². The summed E-state index contributed by atoms with van der Waals surface area (Å²) in [6.07, 6.45) is 2.44. The Balaban J connectivity index is 2.35. The van der Waals surface area contributed by atoms with Crippen molar-refractivity contribution in [1.82, 2.24) is 0 Å². The van der Waals surface area contributed by atoms with Crippen molar-refractivity contribution in [2.24, 2.45) is 0 Å². The molecule has 96 valence electrons. The summed E-state index contributed by atoms with van der Waals surface area (Å²) in [4.78, 5) is 0.842. The highest BCUT2D eigenvalue weighted by atomic mass is 32.2. The van der Waals surface area contributed by atoms with Crippen LogP contribution in [0.5, 0.6) is 0 Å². The van der Waals surface area contributed by atoms with Crippen LogP contribution in [0.25, 0.3) is 0 Å². The molecular weight excluding hydrogens is 240 g/mol. The molecule has 0 aliphatic carbocycles. The third-order valence-corrected chi connectivity index (χ3v) is 3.65. The predicted octanol–water partition coefficient (Wildman–Crippen LogP) is 4.58. The van der Waals surface area contributed by atoms with Crippen LogP contribution in [0.15, 0.2) is 29.2 Å². The zero-order valence-electron chi connectivity index (χ0n) is 10.1. The molecule has 4 heteroatoms. The van der Waals surface area contributed by atoms with Crippen LogP contribution in [0.2, 0.25) is 0 Å². The smallest absolute Gasteiger partial charge is 0.257 e. The largest absolute Gasteiger partial charge is 0.399 e. The Morgan fingerprint density at radius 1 is 1.18 bits per heavy atom. The molecule has 0 atom stereocenters. The van der Waals surface area contributed by atoms with Gasteiger partial charge in [0.05, 0.1) is 5.75 Å². The fraction of sp³-hybridized carbons (Fsp3) is 0.538. The van der Waals surface area contributed by atoms with E-state index in [4.69, 9.17) is 5.73 Å². The summed E-state index contributed by atoms with van der Waals surface area (Å²) < 4.78 is 26.9. The van der Waals surface area contributed by atoms with Gasteiger partial charge in [-0.15, -0.1) is 11.8 Å². The van der Waals surface area contributed by atoms with E-state index in [9.17, 15) is 8.78 Å². The molecule has 0 amide bonds.